The number of hydrogen-bond acceptors (Lipinski definition) is 0. The van der Waals surface area contributed by atoms with E-state index in [0.717, 1.165) is 5.92 Å². The highest BCUT2D eigenvalue weighted by Gasteiger charge is 2.22. The fourth-order valence-electron chi connectivity index (χ4n) is 2.54. The second-order valence-corrected chi connectivity index (χ2v) is 5.41. The topological polar surface area (TPSA) is 0 Å². The van der Waals surface area contributed by atoms with Crippen LogP contribution in [0.1, 0.15) is 72.1 Å². The Hall–Kier alpha value is 0. The summed E-state index contributed by atoms with van der Waals surface area (Å²) >= 11 is 0. The van der Waals surface area contributed by atoms with Crippen LogP contribution < -0.4 is 0 Å². The lowest BCUT2D eigenvalue weighted by atomic mass is 9.78. The van der Waals surface area contributed by atoms with E-state index in [9.17, 15) is 0 Å². The second-order valence-electron chi connectivity index (χ2n) is 5.41. The van der Waals surface area contributed by atoms with E-state index in [2.05, 4.69) is 20.8 Å². The van der Waals surface area contributed by atoms with Crippen molar-refractivity contribution in [3.05, 3.63) is 0 Å². The molecule has 0 saturated heterocycles. The van der Waals surface area contributed by atoms with Gasteiger partial charge < -0.3 is 0 Å². The van der Waals surface area contributed by atoms with Gasteiger partial charge in [0.2, 0.25) is 0 Å². The van der Waals surface area contributed by atoms with E-state index in [4.69, 9.17) is 0 Å². The zero-order chi connectivity index (χ0) is 9.73. The van der Waals surface area contributed by atoms with Gasteiger partial charge >= 0.3 is 0 Å². The molecule has 0 amide bonds. The van der Waals surface area contributed by atoms with Crippen molar-refractivity contribution in [3.63, 3.8) is 0 Å². The first-order valence-corrected chi connectivity index (χ1v) is 6.16. The molecule has 0 aromatic heterocycles. The van der Waals surface area contributed by atoms with Gasteiger partial charge in [0.15, 0.2) is 0 Å². The lowest BCUT2D eigenvalue weighted by Crippen LogP contribution is -2.14. The Bertz CT molecular complexity index is 139. The predicted octanol–water partition coefficient (Wildman–Crippen LogP) is 4.78. The minimum atomic E-state index is 0.671. The molecule has 2 unspecified atom stereocenters. The van der Waals surface area contributed by atoms with Crippen molar-refractivity contribution in [3.8, 4) is 0 Å². The summed E-state index contributed by atoms with van der Waals surface area (Å²) in [5.41, 5.74) is 0.671. The molecule has 0 spiro atoms. The van der Waals surface area contributed by atoms with Crippen LogP contribution in [0.25, 0.3) is 0 Å². The maximum absolute atomic E-state index is 2.49. The SMILES string of the molecule is CCC1(C)CCCCC(C)CCC1. The minimum Gasteiger partial charge on any atom is -0.0649 e. The fourth-order valence-corrected chi connectivity index (χ4v) is 2.54. The first-order valence-electron chi connectivity index (χ1n) is 6.16. The molecule has 0 heteroatoms. The Balaban J connectivity index is 2.43. The Labute approximate surface area is 84.1 Å². The third kappa shape index (κ3) is 3.70. The molecule has 0 aromatic carbocycles. The first kappa shape index (κ1) is 11.1. The largest absolute Gasteiger partial charge is 0.0649 e. The molecule has 78 valence electrons. The molecule has 1 aliphatic rings. The Morgan fingerprint density at radius 2 is 1.69 bits per heavy atom. The van der Waals surface area contributed by atoms with Crippen LogP contribution in [-0.4, -0.2) is 0 Å². The van der Waals surface area contributed by atoms with Crippen molar-refractivity contribution in [1.82, 2.24) is 0 Å². The quantitative estimate of drug-likeness (QED) is 0.547. The van der Waals surface area contributed by atoms with Gasteiger partial charge in [-0.25, -0.2) is 0 Å². The van der Waals surface area contributed by atoms with Crippen LogP contribution in [0.5, 0.6) is 0 Å². The zero-order valence-electron chi connectivity index (χ0n) is 9.73. The Morgan fingerprint density at radius 3 is 2.38 bits per heavy atom. The van der Waals surface area contributed by atoms with Crippen molar-refractivity contribution in [2.75, 3.05) is 0 Å². The van der Waals surface area contributed by atoms with Crippen molar-refractivity contribution in [2.24, 2.45) is 11.3 Å². The van der Waals surface area contributed by atoms with Crippen molar-refractivity contribution >= 4 is 0 Å². The van der Waals surface area contributed by atoms with E-state index in [1.54, 1.807) is 0 Å². The average Bonchev–Trinajstić information content (AvgIpc) is 2.19. The molecule has 0 heterocycles. The molecule has 0 aliphatic heterocycles. The second kappa shape index (κ2) is 5.02. The van der Waals surface area contributed by atoms with Gasteiger partial charge in [0.1, 0.15) is 0 Å². The average molecular weight is 182 g/mol. The lowest BCUT2D eigenvalue weighted by molar-refractivity contribution is 0.248. The van der Waals surface area contributed by atoms with Crippen LogP contribution in [0, 0.1) is 11.3 Å². The summed E-state index contributed by atoms with van der Waals surface area (Å²) in [5, 5.41) is 0. The van der Waals surface area contributed by atoms with Gasteiger partial charge in [0, 0.05) is 0 Å². The van der Waals surface area contributed by atoms with Gasteiger partial charge in [-0.2, -0.15) is 0 Å². The lowest BCUT2D eigenvalue weighted by Gasteiger charge is -2.27. The minimum absolute atomic E-state index is 0.671. The summed E-state index contributed by atoms with van der Waals surface area (Å²) < 4.78 is 0. The normalized spacial score (nSPS) is 37.6. The van der Waals surface area contributed by atoms with Gasteiger partial charge in [0.05, 0.1) is 0 Å². The molecule has 13 heavy (non-hydrogen) atoms. The van der Waals surface area contributed by atoms with Crippen LogP contribution >= 0.6 is 0 Å². The first-order chi connectivity index (χ1) is 6.16. The summed E-state index contributed by atoms with van der Waals surface area (Å²) in [6.07, 6.45) is 11.7. The van der Waals surface area contributed by atoms with Crippen molar-refractivity contribution in [2.45, 2.75) is 72.1 Å². The van der Waals surface area contributed by atoms with E-state index in [1.807, 2.05) is 0 Å². The highest BCUT2D eigenvalue weighted by molar-refractivity contribution is 4.75. The summed E-state index contributed by atoms with van der Waals surface area (Å²) in [6.45, 7) is 7.28. The summed E-state index contributed by atoms with van der Waals surface area (Å²) in [6, 6.07) is 0. The zero-order valence-corrected chi connectivity index (χ0v) is 9.73. The maximum Gasteiger partial charge on any atom is -0.0328 e. The predicted molar refractivity (Wildman–Crippen MR) is 59.9 cm³/mol. The van der Waals surface area contributed by atoms with Crippen LogP contribution in [0.3, 0.4) is 0 Å². The molecule has 0 bridgehead atoms. The monoisotopic (exact) mass is 182 g/mol. The van der Waals surface area contributed by atoms with E-state index < -0.39 is 0 Å². The van der Waals surface area contributed by atoms with Gasteiger partial charge in [0.25, 0.3) is 0 Å². The summed E-state index contributed by atoms with van der Waals surface area (Å²) in [4.78, 5) is 0. The van der Waals surface area contributed by atoms with Crippen LogP contribution in [0.2, 0.25) is 0 Å². The molecule has 1 rings (SSSR count). The smallest absolute Gasteiger partial charge is 0.0328 e. The van der Waals surface area contributed by atoms with Gasteiger partial charge in [-0.05, 0) is 24.2 Å². The molecule has 1 fully saturated rings. The van der Waals surface area contributed by atoms with Crippen molar-refractivity contribution < 1.29 is 0 Å². The Morgan fingerprint density at radius 1 is 1.08 bits per heavy atom. The molecule has 0 radical (unpaired) electrons. The summed E-state index contributed by atoms with van der Waals surface area (Å²) in [7, 11) is 0. The van der Waals surface area contributed by atoms with Gasteiger partial charge in [-0.15, -0.1) is 0 Å². The maximum atomic E-state index is 2.49. The highest BCUT2D eigenvalue weighted by Crippen LogP contribution is 2.36. The molecule has 2 atom stereocenters. The molecule has 1 saturated carbocycles. The molecule has 0 nitrogen and oxygen atoms in total. The third-order valence-electron chi connectivity index (χ3n) is 4.06. The van der Waals surface area contributed by atoms with Crippen LogP contribution in [0.15, 0.2) is 0 Å². The van der Waals surface area contributed by atoms with Crippen LogP contribution in [0.4, 0.5) is 0 Å². The summed E-state index contributed by atoms with van der Waals surface area (Å²) in [5.74, 6) is 0.985. The molecular formula is C13H26. The van der Waals surface area contributed by atoms with Gasteiger partial charge in [-0.3, -0.25) is 0 Å². The van der Waals surface area contributed by atoms with E-state index >= 15 is 0 Å². The van der Waals surface area contributed by atoms with Crippen molar-refractivity contribution in [1.29, 1.82) is 0 Å². The fraction of sp³-hybridized carbons (Fsp3) is 1.00. The molecule has 0 N–H and O–H groups in total. The molecule has 1 aliphatic carbocycles. The van der Waals surface area contributed by atoms with E-state index in [0.29, 0.717) is 5.41 Å². The van der Waals surface area contributed by atoms with Gasteiger partial charge in [-0.1, -0.05) is 59.3 Å². The van der Waals surface area contributed by atoms with E-state index in [-0.39, 0.29) is 0 Å². The molecular weight excluding hydrogens is 156 g/mol. The Kier molecular flexibility index (Phi) is 4.28. The standard InChI is InChI=1S/C13H26/c1-4-13(3)10-6-5-8-12(2)9-7-11-13/h12H,4-11H2,1-3H3. The number of rotatable bonds is 1. The number of hydrogen-bond donors (Lipinski definition) is 0. The highest BCUT2D eigenvalue weighted by atomic mass is 14.3. The molecule has 0 aromatic rings. The van der Waals surface area contributed by atoms with E-state index in [1.165, 1.54) is 51.4 Å². The van der Waals surface area contributed by atoms with Crippen LogP contribution in [-0.2, 0) is 0 Å². The third-order valence-corrected chi connectivity index (χ3v) is 4.06.